The maximum atomic E-state index is 13.5. The zero-order valence-electron chi connectivity index (χ0n) is 18.4. The quantitative estimate of drug-likeness (QED) is 0.391. The van der Waals surface area contributed by atoms with E-state index in [1.807, 2.05) is 12.1 Å². The Morgan fingerprint density at radius 2 is 1.84 bits per heavy atom. The third kappa shape index (κ3) is 2.75. The van der Waals surface area contributed by atoms with Crippen LogP contribution in [-0.4, -0.2) is 44.7 Å². The first-order valence-electron chi connectivity index (χ1n) is 10.5. The van der Waals surface area contributed by atoms with Crippen LogP contribution in [0.3, 0.4) is 0 Å². The molecular weight excluding hydrogens is 400 g/mol. The molecule has 1 unspecified atom stereocenters. The number of esters is 2. The van der Waals surface area contributed by atoms with Gasteiger partial charge in [-0.05, 0) is 49.4 Å². The van der Waals surface area contributed by atoms with Gasteiger partial charge in [-0.3, -0.25) is 14.4 Å². The van der Waals surface area contributed by atoms with Gasteiger partial charge in [0.25, 0.3) is 0 Å². The topological polar surface area (TPSA) is 88.1 Å². The average Bonchev–Trinajstić information content (AvgIpc) is 3.25. The van der Waals surface area contributed by atoms with Crippen molar-refractivity contribution >= 4 is 17.7 Å². The first kappa shape index (κ1) is 21.4. The van der Waals surface area contributed by atoms with Gasteiger partial charge in [-0.2, -0.15) is 0 Å². The summed E-state index contributed by atoms with van der Waals surface area (Å²) in [6.07, 6.45) is 3.63. The minimum atomic E-state index is -1.51. The fourth-order valence-corrected chi connectivity index (χ4v) is 5.99. The second-order valence-corrected chi connectivity index (χ2v) is 8.73. The van der Waals surface area contributed by atoms with E-state index in [2.05, 4.69) is 6.58 Å². The summed E-state index contributed by atoms with van der Waals surface area (Å²) in [7, 11) is 4.38. The van der Waals surface area contributed by atoms with Crippen molar-refractivity contribution in [3.05, 3.63) is 35.9 Å². The van der Waals surface area contributed by atoms with Crippen LogP contribution >= 0.6 is 0 Å². The molecule has 2 aliphatic carbocycles. The van der Waals surface area contributed by atoms with E-state index in [-0.39, 0.29) is 18.1 Å². The normalized spacial score (nSPS) is 33.3. The summed E-state index contributed by atoms with van der Waals surface area (Å²) in [4.78, 5) is 39.1. The predicted octanol–water partition coefficient (Wildman–Crippen LogP) is 2.99. The van der Waals surface area contributed by atoms with Crippen LogP contribution in [0.2, 0.25) is 0 Å². The Labute approximate surface area is 181 Å². The Balaban J connectivity index is 1.82. The lowest BCUT2D eigenvalue weighted by molar-refractivity contribution is -0.168. The molecule has 1 aliphatic heterocycles. The third-order valence-corrected chi connectivity index (χ3v) is 7.55. The lowest BCUT2D eigenvalue weighted by atomic mass is 9.58. The molecule has 7 heteroatoms. The molecule has 1 spiro atoms. The van der Waals surface area contributed by atoms with Crippen LogP contribution in [0.25, 0.3) is 0 Å². The second-order valence-electron chi connectivity index (χ2n) is 8.73. The Morgan fingerprint density at radius 1 is 1.16 bits per heavy atom. The van der Waals surface area contributed by atoms with Crippen LogP contribution < -0.4 is 9.47 Å². The number of methoxy groups -OCH3 is 3. The largest absolute Gasteiger partial charge is 0.493 e. The maximum absolute atomic E-state index is 13.5. The van der Waals surface area contributed by atoms with Gasteiger partial charge < -0.3 is 18.9 Å². The zero-order valence-corrected chi connectivity index (χ0v) is 18.4. The summed E-state index contributed by atoms with van der Waals surface area (Å²) >= 11 is 0. The number of benzene rings is 1. The van der Waals surface area contributed by atoms with E-state index in [1.165, 1.54) is 21.1 Å². The van der Waals surface area contributed by atoms with Gasteiger partial charge in [-0.25, -0.2) is 0 Å². The summed E-state index contributed by atoms with van der Waals surface area (Å²) < 4.78 is 21.9. The molecule has 0 N–H and O–H groups in total. The predicted molar refractivity (Wildman–Crippen MR) is 111 cm³/mol. The molecule has 31 heavy (non-hydrogen) atoms. The van der Waals surface area contributed by atoms with Crippen molar-refractivity contribution in [2.75, 3.05) is 21.3 Å². The first-order valence-corrected chi connectivity index (χ1v) is 10.5. The fourth-order valence-electron chi connectivity index (χ4n) is 5.99. The van der Waals surface area contributed by atoms with Gasteiger partial charge in [0.1, 0.15) is 11.4 Å². The van der Waals surface area contributed by atoms with Crippen molar-refractivity contribution in [1.82, 2.24) is 0 Å². The summed E-state index contributed by atoms with van der Waals surface area (Å²) in [5, 5.41) is 0. The number of carbonyl (C=O) groups excluding carboxylic acids is 3. The number of rotatable bonds is 6. The molecule has 0 aromatic heterocycles. The number of fused-ring (bicyclic) bond motifs is 1. The monoisotopic (exact) mass is 428 g/mol. The number of hydrogen-bond acceptors (Lipinski definition) is 7. The fraction of sp³-hybridized carbons (Fsp3) is 0.542. The highest BCUT2D eigenvalue weighted by Gasteiger charge is 2.71. The summed E-state index contributed by atoms with van der Waals surface area (Å²) in [5.41, 5.74) is -0.759. The van der Waals surface area contributed by atoms with Crippen molar-refractivity contribution in [2.24, 2.45) is 17.3 Å². The van der Waals surface area contributed by atoms with Crippen molar-refractivity contribution in [2.45, 2.75) is 44.1 Å². The van der Waals surface area contributed by atoms with E-state index < -0.39 is 34.8 Å². The molecule has 1 heterocycles. The molecule has 5 atom stereocenters. The van der Waals surface area contributed by atoms with Crippen LogP contribution in [0.5, 0.6) is 11.5 Å². The standard InChI is InChI=1S/C24H28O7/c1-6-15-7-8-17(13(2)25)24(15)12-23(21(26)30-5,22(27)31-24)18-9-14-10-19(28-3)20(29-4)11-16(14)18/h6,10-11,15,17-18H,1,7-9,12H2,2-5H3/t15-,17+,18?,23-,24+/m1/s1. The zero-order chi connectivity index (χ0) is 22.6. The Kier molecular flexibility index (Phi) is 5.10. The highest BCUT2D eigenvalue weighted by molar-refractivity contribution is 6.04. The molecule has 1 saturated heterocycles. The lowest BCUT2D eigenvalue weighted by Crippen LogP contribution is -2.48. The van der Waals surface area contributed by atoms with E-state index in [4.69, 9.17) is 18.9 Å². The van der Waals surface area contributed by atoms with Crippen LogP contribution in [0.4, 0.5) is 0 Å². The summed E-state index contributed by atoms with van der Waals surface area (Å²) in [5.74, 6) is -1.26. The SMILES string of the molecule is C=C[C@@H]1CC[C@@H](C(C)=O)[C@]12C[C@](C(=O)OC)(C1Cc3cc(OC)c(OC)cc31)C(=O)O2. The smallest absolute Gasteiger partial charge is 0.324 e. The Morgan fingerprint density at radius 3 is 2.42 bits per heavy atom. The molecule has 1 aromatic carbocycles. The summed E-state index contributed by atoms with van der Waals surface area (Å²) in [6, 6.07) is 3.68. The lowest BCUT2D eigenvalue weighted by Gasteiger charge is -2.41. The van der Waals surface area contributed by atoms with Crippen LogP contribution in [0.15, 0.2) is 24.8 Å². The highest BCUT2D eigenvalue weighted by Crippen LogP contribution is 2.63. The molecule has 1 aromatic rings. The Hall–Kier alpha value is -2.83. The number of carbonyl (C=O) groups is 3. The van der Waals surface area contributed by atoms with Crippen LogP contribution in [0, 0.1) is 17.3 Å². The van der Waals surface area contributed by atoms with E-state index in [0.717, 1.165) is 11.1 Å². The van der Waals surface area contributed by atoms with Gasteiger partial charge in [0.15, 0.2) is 16.9 Å². The molecule has 7 nitrogen and oxygen atoms in total. The molecule has 0 amide bonds. The highest BCUT2D eigenvalue weighted by atomic mass is 16.6. The van der Waals surface area contributed by atoms with Crippen molar-refractivity contribution < 1.29 is 33.3 Å². The van der Waals surface area contributed by atoms with Gasteiger partial charge in [-0.15, -0.1) is 6.58 Å². The molecule has 3 aliphatic rings. The number of Topliss-reactive ketones (excluding diaryl/α,β-unsaturated/α-hetero) is 1. The molecule has 0 bridgehead atoms. The molecule has 2 fully saturated rings. The molecule has 4 rings (SSSR count). The van der Waals surface area contributed by atoms with Gasteiger partial charge in [0, 0.05) is 18.3 Å². The van der Waals surface area contributed by atoms with Gasteiger partial charge in [0.05, 0.1) is 27.2 Å². The molecule has 0 radical (unpaired) electrons. The molecule has 166 valence electrons. The minimum Gasteiger partial charge on any atom is -0.493 e. The van der Waals surface area contributed by atoms with Gasteiger partial charge >= 0.3 is 11.9 Å². The van der Waals surface area contributed by atoms with Gasteiger partial charge in [0.2, 0.25) is 0 Å². The first-order chi connectivity index (χ1) is 14.8. The average molecular weight is 428 g/mol. The van der Waals surface area contributed by atoms with E-state index in [9.17, 15) is 14.4 Å². The van der Waals surface area contributed by atoms with Crippen molar-refractivity contribution in [1.29, 1.82) is 0 Å². The number of ketones is 1. The van der Waals surface area contributed by atoms with Crippen LogP contribution in [0.1, 0.15) is 43.2 Å². The van der Waals surface area contributed by atoms with Crippen molar-refractivity contribution in [3.63, 3.8) is 0 Å². The van der Waals surface area contributed by atoms with Crippen molar-refractivity contribution in [3.8, 4) is 11.5 Å². The summed E-state index contributed by atoms with van der Waals surface area (Å²) in [6.45, 7) is 5.41. The van der Waals surface area contributed by atoms with Crippen LogP contribution in [-0.2, 0) is 30.3 Å². The van der Waals surface area contributed by atoms with E-state index in [0.29, 0.717) is 30.8 Å². The molecule has 1 saturated carbocycles. The van der Waals surface area contributed by atoms with E-state index in [1.54, 1.807) is 13.2 Å². The van der Waals surface area contributed by atoms with E-state index >= 15 is 0 Å². The number of ether oxygens (including phenoxy) is 4. The minimum absolute atomic E-state index is 0.0433. The second kappa shape index (κ2) is 7.39. The third-order valence-electron chi connectivity index (χ3n) is 7.55. The number of hydrogen-bond donors (Lipinski definition) is 0. The Bertz CT molecular complexity index is 967. The van der Waals surface area contributed by atoms with Gasteiger partial charge in [-0.1, -0.05) is 6.08 Å². The maximum Gasteiger partial charge on any atom is 0.324 e. The molecular formula is C24H28O7.